The van der Waals surface area contributed by atoms with E-state index in [0.29, 0.717) is 17.5 Å². The molecule has 1 saturated heterocycles. The van der Waals surface area contributed by atoms with Crippen molar-refractivity contribution < 1.29 is 0 Å². The van der Waals surface area contributed by atoms with Gasteiger partial charge in [0.15, 0.2) is 0 Å². The molecule has 0 spiro atoms. The average molecular weight is 199 g/mol. The van der Waals surface area contributed by atoms with Gasteiger partial charge >= 0.3 is 0 Å². The molecule has 3 heteroatoms. The predicted octanol–water partition coefficient (Wildman–Crippen LogP) is 0.831. The second kappa shape index (κ2) is 5.10. The van der Waals surface area contributed by atoms with Crippen LogP contribution in [-0.2, 0) is 0 Å². The molecule has 1 heterocycles. The van der Waals surface area contributed by atoms with Gasteiger partial charge in [-0.25, -0.2) is 0 Å². The minimum Gasteiger partial charge on any atom is -0.328 e. The van der Waals surface area contributed by atoms with Crippen molar-refractivity contribution in [2.75, 3.05) is 13.1 Å². The van der Waals surface area contributed by atoms with Crippen molar-refractivity contribution >= 4 is 0 Å². The molecule has 1 aliphatic rings. The van der Waals surface area contributed by atoms with Crippen LogP contribution in [0.15, 0.2) is 0 Å². The molecule has 0 saturated carbocycles. The molecule has 3 unspecified atom stereocenters. The lowest BCUT2D eigenvalue weighted by molar-refractivity contribution is 0.225. The minimum absolute atomic E-state index is 0.302. The van der Waals surface area contributed by atoms with Crippen LogP contribution in [0.25, 0.3) is 0 Å². The zero-order valence-corrected chi connectivity index (χ0v) is 9.55. The second-order valence-electron chi connectivity index (χ2n) is 4.87. The Balaban J connectivity index is 2.52. The van der Waals surface area contributed by atoms with Crippen molar-refractivity contribution in [1.29, 1.82) is 0 Å². The lowest BCUT2D eigenvalue weighted by atomic mass is 9.75. The predicted molar refractivity (Wildman–Crippen MR) is 61.1 cm³/mol. The fourth-order valence-electron chi connectivity index (χ4n) is 2.51. The van der Waals surface area contributed by atoms with E-state index < -0.39 is 0 Å². The first-order valence-electron chi connectivity index (χ1n) is 5.82. The van der Waals surface area contributed by atoms with E-state index in [2.05, 4.69) is 19.2 Å². The van der Waals surface area contributed by atoms with E-state index in [0.717, 1.165) is 19.5 Å². The first-order chi connectivity index (χ1) is 6.60. The molecular weight excluding hydrogens is 174 g/mol. The summed E-state index contributed by atoms with van der Waals surface area (Å²) in [6.45, 7) is 6.36. The topological polar surface area (TPSA) is 64.1 Å². The quantitative estimate of drug-likeness (QED) is 0.614. The van der Waals surface area contributed by atoms with Crippen molar-refractivity contribution in [2.45, 2.75) is 51.6 Å². The van der Waals surface area contributed by atoms with Crippen molar-refractivity contribution in [3.05, 3.63) is 0 Å². The third-order valence-electron chi connectivity index (χ3n) is 3.47. The first kappa shape index (κ1) is 12.0. The van der Waals surface area contributed by atoms with Crippen molar-refractivity contribution in [2.24, 2.45) is 16.9 Å². The highest BCUT2D eigenvalue weighted by atomic mass is 15.0. The summed E-state index contributed by atoms with van der Waals surface area (Å²) in [7, 11) is 0. The van der Waals surface area contributed by atoms with Crippen LogP contribution < -0.4 is 16.8 Å². The standard InChI is InChI=1S/C11H25N3/c1-3-5-11(6-4-9(2)12)8-14-7-10(11)13/h9-10,14H,3-8,12-13H2,1-2H3. The molecule has 14 heavy (non-hydrogen) atoms. The molecule has 1 aliphatic heterocycles. The molecule has 84 valence electrons. The summed E-state index contributed by atoms with van der Waals surface area (Å²) < 4.78 is 0. The molecule has 0 amide bonds. The van der Waals surface area contributed by atoms with Gasteiger partial charge in [0.05, 0.1) is 0 Å². The Hall–Kier alpha value is -0.120. The summed E-state index contributed by atoms with van der Waals surface area (Å²) in [5.74, 6) is 0. The number of rotatable bonds is 5. The van der Waals surface area contributed by atoms with Crippen LogP contribution >= 0.6 is 0 Å². The lowest BCUT2D eigenvalue weighted by Crippen LogP contribution is -2.41. The molecule has 5 N–H and O–H groups in total. The lowest BCUT2D eigenvalue weighted by Gasteiger charge is -2.33. The summed E-state index contributed by atoms with van der Waals surface area (Å²) in [4.78, 5) is 0. The largest absolute Gasteiger partial charge is 0.328 e. The van der Waals surface area contributed by atoms with E-state index in [4.69, 9.17) is 11.5 Å². The van der Waals surface area contributed by atoms with Crippen LogP contribution in [0.5, 0.6) is 0 Å². The van der Waals surface area contributed by atoms with E-state index in [9.17, 15) is 0 Å². The van der Waals surface area contributed by atoms with E-state index in [-0.39, 0.29) is 0 Å². The Morgan fingerprint density at radius 1 is 1.50 bits per heavy atom. The highest BCUT2D eigenvalue weighted by Gasteiger charge is 2.39. The van der Waals surface area contributed by atoms with Gasteiger partial charge in [-0.05, 0) is 31.6 Å². The molecule has 0 aromatic heterocycles. The van der Waals surface area contributed by atoms with Gasteiger partial charge in [-0.2, -0.15) is 0 Å². The Morgan fingerprint density at radius 2 is 2.21 bits per heavy atom. The van der Waals surface area contributed by atoms with Crippen LogP contribution in [0.1, 0.15) is 39.5 Å². The molecule has 0 aromatic carbocycles. The normalized spacial score (nSPS) is 34.7. The summed E-state index contributed by atoms with van der Waals surface area (Å²) in [6.07, 6.45) is 4.71. The Kier molecular flexibility index (Phi) is 4.35. The molecule has 0 bridgehead atoms. The fourth-order valence-corrected chi connectivity index (χ4v) is 2.51. The van der Waals surface area contributed by atoms with Crippen molar-refractivity contribution in [1.82, 2.24) is 5.32 Å². The molecule has 0 aliphatic carbocycles. The van der Waals surface area contributed by atoms with Crippen LogP contribution in [0.2, 0.25) is 0 Å². The first-order valence-corrected chi connectivity index (χ1v) is 5.82. The molecule has 0 aromatic rings. The van der Waals surface area contributed by atoms with E-state index >= 15 is 0 Å². The van der Waals surface area contributed by atoms with E-state index in [1.165, 1.54) is 19.3 Å². The fraction of sp³-hybridized carbons (Fsp3) is 1.00. The zero-order valence-electron chi connectivity index (χ0n) is 9.55. The summed E-state index contributed by atoms with van der Waals surface area (Å²) in [6, 6.07) is 0.623. The smallest absolute Gasteiger partial charge is 0.0234 e. The second-order valence-corrected chi connectivity index (χ2v) is 4.87. The van der Waals surface area contributed by atoms with E-state index in [1.807, 2.05) is 0 Å². The zero-order chi connectivity index (χ0) is 10.6. The van der Waals surface area contributed by atoms with Crippen LogP contribution in [0.3, 0.4) is 0 Å². The van der Waals surface area contributed by atoms with E-state index in [1.54, 1.807) is 0 Å². The van der Waals surface area contributed by atoms with Gasteiger partial charge < -0.3 is 16.8 Å². The maximum Gasteiger partial charge on any atom is 0.0234 e. The molecule has 0 radical (unpaired) electrons. The SMILES string of the molecule is CCCC1(CCC(C)N)CNCC1N. The summed E-state index contributed by atoms with van der Waals surface area (Å²) >= 11 is 0. The molecule has 1 rings (SSSR count). The van der Waals surface area contributed by atoms with Gasteiger partial charge in [-0.15, -0.1) is 0 Å². The maximum atomic E-state index is 6.18. The molecule has 1 fully saturated rings. The van der Waals surface area contributed by atoms with Crippen molar-refractivity contribution in [3.8, 4) is 0 Å². The van der Waals surface area contributed by atoms with Crippen LogP contribution in [0, 0.1) is 5.41 Å². The molecular formula is C11H25N3. The molecule has 3 nitrogen and oxygen atoms in total. The van der Waals surface area contributed by atoms with Crippen LogP contribution in [-0.4, -0.2) is 25.2 Å². The van der Waals surface area contributed by atoms with Gasteiger partial charge in [-0.1, -0.05) is 13.3 Å². The van der Waals surface area contributed by atoms with Gasteiger partial charge in [-0.3, -0.25) is 0 Å². The Labute approximate surface area is 87.6 Å². The maximum absolute atomic E-state index is 6.18. The van der Waals surface area contributed by atoms with Crippen LogP contribution in [0.4, 0.5) is 0 Å². The average Bonchev–Trinajstić information content (AvgIpc) is 2.46. The number of hydrogen-bond acceptors (Lipinski definition) is 3. The third kappa shape index (κ3) is 2.69. The van der Waals surface area contributed by atoms with Gasteiger partial charge in [0, 0.05) is 25.2 Å². The highest BCUT2D eigenvalue weighted by Crippen LogP contribution is 2.35. The van der Waals surface area contributed by atoms with Gasteiger partial charge in [0.25, 0.3) is 0 Å². The molecule has 3 atom stereocenters. The number of nitrogens with one attached hydrogen (secondary N) is 1. The van der Waals surface area contributed by atoms with Crippen molar-refractivity contribution in [3.63, 3.8) is 0 Å². The highest BCUT2D eigenvalue weighted by molar-refractivity contribution is 4.97. The van der Waals surface area contributed by atoms with Gasteiger partial charge in [0.2, 0.25) is 0 Å². The summed E-state index contributed by atoms with van der Waals surface area (Å²) in [5.41, 5.74) is 12.3. The monoisotopic (exact) mass is 199 g/mol. The minimum atomic E-state index is 0.302. The number of nitrogens with two attached hydrogens (primary N) is 2. The third-order valence-corrected chi connectivity index (χ3v) is 3.47. The Morgan fingerprint density at radius 3 is 2.64 bits per heavy atom. The van der Waals surface area contributed by atoms with Gasteiger partial charge in [0.1, 0.15) is 0 Å². The Bertz CT molecular complexity index is 170. The summed E-state index contributed by atoms with van der Waals surface area (Å²) in [5, 5.41) is 3.41. The number of hydrogen-bond donors (Lipinski definition) is 3.